The van der Waals surface area contributed by atoms with E-state index in [1.165, 1.54) is 11.8 Å². The summed E-state index contributed by atoms with van der Waals surface area (Å²) in [4.78, 5) is 32.2. The third-order valence-corrected chi connectivity index (χ3v) is 5.90. The molecule has 1 aromatic carbocycles. The number of benzene rings is 1. The number of allylic oxidation sites excluding steroid dienone is 1. The Bertz CT molecular complexity index is 999. The molecule has 2 heterocycles. The fourth-order valence-corrected chi connectivity index (χ4v) is 4.64. The number of fused-ring (bicyclic) bond motifs is 1. The number of amides is 1. The maximum atomic E-state index is 13.2. The molecule has 0 spiro atoms. The maximum Gasteiger partial charge on any atom is 0.338 e. The lowest BCUT2D eigenvalue weighted by molar-refractivity contribution is -0.143. The SMILES string of the molecule is CCNC(=O)CC1=CSC2=NC(C)=C(C(=O)OC(C)C)C(c3ccc(OC)cc3OC)N12. The Morgan fingerprint density at radius 1 is 1.25 bits per heavy atom. The van der Waals surface area contributed by atoms with Crippen molar-refractivity contribution in [1.82, 2.24) is 10.2 Å². The quantitative estimate of drug-likeness (QED) is 0.592. The van der Waals surface area contributed by atoms with Crippen molar-refractivity contribution in [2.45, 2.75) is 46.3 Å². The van der Waals surface area contributed by atoms with Gasteiger partial charge in [0.05, 0.1) is 44.1 Å². The zero-order valence-corrected chi connectivity index (χ0v) is 20.0. The van der Waals surface area contributed by atoms with Crippen LogP contribution in [0, 0.1) is 0 Å². The molecule has 1 N–H and O–H groups in total. The van der Waals surface area contributed by atoms with Gasteiger partial charge in [-0.25, -0.2) is 9.79 Å². The molecular formula is C23H29N3O5S. The van der Waals surface area contributed by atoms with Crippen molar-refractivity contribution < 1.29 is 23.8 Å². The zero-order chi connectivity index (χ0) is 23.4. The normalized spacial score (nSPS) is 17.6. The Hall–Kier alpha value is -2.94. The topological polar surface area (TPSA) is 89.5 Å². The maximum absolute atomic E-state index is 13.2. The van der Waals surface area contributed by atoms with E-state index in [0.717, 1.165) is 11.3 Å². The molecule has 1 unspecified atom stereocenters. The number of nitrogens with one attached hydrogen (secondary N) is 1. The lowest BCUT2D eigenvalue weighted by Crippen LogP contribution is -2.38. The third kappa shape index (κ3) is 4.77. The molecule has 0 fully saturated rings. The summed E-state index contributed by atoms with van der Waals surface area (Å²) in [7, 11) is 3.16. The van der Waals surface area contributed by atoms with E-state index in [-0.39, 0.29) is 18.4 Å². The predicted octanol–water partition coefficient (Wildman–Crippen LogP) is 3.76. The first-order chi connectivity index (χ1) is 15.3. The average molecular weight is 460 g/mol. The van der Waals surface area contributed by atoms with Crippen molar-refractivity contribution in [2.24, 2.45) is 4.99 Å². The summed E-state index contributed by atoms with van der Waals surface area (Å²) < 4.78 is 16.6. The van der Waals surface area contributed by atoms with Gasteiger partial charge in [-0.3, -0.25) is 4.79 Å². The van der Waals surface area contributed by atoms with E-state index in [1.807, 2.05) is 29.4 Å². The van der Waals surface area contributed by atoms with Crippen LogP contribution in [0.25, 0.3) is 0 Å². The Balaban J connectivity index is 2.14. The van der Waals surface area contributed by atoms with E-state index in [2.05, 4.69) is 10.3 Å². The first-order valence-electron chi connectivity index (χ1n) is 10.4. The first kappa shape index (κ1) is 23.7. The summed E-state index contributed by atoms with van der Waals surface area (Å²) in [6, 6.07) is 4.90. The summed E-state index contributed by atoms with van der Waals surface area (Å²) >= 11 is 1.43. The number of thioether (sulfide) groups is 1. The summed E-state index contributed by atoms with van der Waals surface area (Å²) in [5.41, 5.74) is 2.49. The van der Waals surface area contributed by atoms with E-state index in [1.54, 1.807) is 41.1 Å². The number of ether oxygens (including phenoxy) is 3. The molecule has 0 saturated carbocycles. The van der Waals surface area contributed by atoms with Crippen LogP contribution >= 0.6 is 11.8 Å². The Morgan fingerprint density at radius 2 is 2.00 bits per heavy atom. The number of rotatable bonds is 8. The molecule has 2 aliphatic rings. The van der Waals surface area contributed by atoms with Crippen LogP contribution in [0.4, 0.5) is 0 Å². The molecule has 0 saturated heterocycles. The van der Waals surface area contributed by atoms with Gasteiger partial charge in [0, 0.05) is 23.9 Å². The van der Waals surface area contributed by atoms with Crippen LogP contribution in [0.2, 0.25) is 0 Å². The minimum Gasteiger partial charge on any atom is -0.497 e. The summed E-state index contributed by atoms with van der Waals surface area (Å²) in [6.07, 6.45) is -0.120. The van der Waals surface area contributed by atoms with E-state index < -0.39 is 12.0 Å². The lowest BCUT2D eigenvalue weighted by Gasteiger charge is -2.37. The largest absolute Gasteiger partial charge is 0.497 e. The molecular weight excluding hydrogens is 430 g/mol. The van der Waals surface area contributed by atoms with Gasteiger partial charge in [0.1, 0.15) is 11.5 Å². The molecule has 2 aliphatic heterocycles. The molecule has 32 heavy (non-hydrogen) atoms. The standard InChI is InChI=1S/C23H29N3O5S/c1-7-24-19(27)10-15-12-32-23-25-14(4)20(22(28)31-13(2)3)21(26(15)23)17-9-8-16(29-5)11-18(17)30-6/h8-9,11-13,21H,7,10H2,1-6H3,(H,24,27). The molecule has 172 valence electrons. The van der Waals surface area contributed by atoms with Gasteiger partial charge in [-0.1, -0.05) is 11.8 Å². The molecule has 0 bridgehead atoms. The monoisotopic (exact) mass is 459 g/mol. The van der Waals surface area contributed by atoms with Crippen LogP contribution < -0.4 is 14.8 Å². The number of amidine groups is 1. The molecule has 1 aromatic rings. The van der Waals surface area contributed by atoms with Crippen LogP contribution in [-0.4, -0.2) is 48.8 Å². The number of esters is 1. The smallest absolute Gasteiger partial charge is 0.338 e. The Morgan fingerprint density at radius 3 is 2.62 bits per heavy atom. The second-order valence-electron chi connectivity index (χ2n) is 7.59. The van der Waals surface area contributed by atoms with Crippen molar-refractivity contribution >= 4 is 28.8 Å². The number of carbonyl (C=O) groups is 2. The van der Waals surface area contributed by atoms with Crippen molar-refractivity contribution in [1.29, 1.82) is 0 Å². The highest BCUT2D eigenvalue weighted by molar-refractivity contribution is 8.16. The zero-order valence-electron chi connectivity index (χ0n) is 19.2. The highest BCUT2D eigenvalue weighted by Gasteiger charge is 2.42. The molecule has 0 aromatic heterocycles. The Kier molecular flexibility index (Phi) is 7.50. The van der Waals surface area contributed by atoms with Gasteiger partial charge < -0.3 is 24.4 Å². The van der Waals surface area contributed by atoms with Crippen LogP contribution in [-0.2, 0) is 14.3 Å². The molecule has 9 heteroatoms. The number of carbonyl (C=O) groups excluding carboxylic acids is 2. The second kappa shape index (κ2) is 10.1. The van der Waals surface area contributed by atoms with Gasteiger partial charge in [0.25, 0.3) is 0 Å². The van der Waals surface area contributed by atoms with Crippen molar-refractivity contribution in [3.63, 3.8) is 0 Å². The summed E-state index contributed by atoms with van der Waals surface area (Å²) in [6.45, 7) is 7.83. The van der Waals surface area contributed by atoms with Gasteiger partial charge in [-0.05, 0) is 45.2 Å². The summed E-state index contributed by atoms with van der Waals surface area (Å²) in [5.74, 6) is 0.653. The van der Waals surface area contributed by atoms with E-state index in [4.69, 9.17) is 14.2 Å². The average Bonchev–Trinajstić information content (AvgIpc) is 3.13. The third-order valence-electron chi connectivity index (χ3n) is 5.01. The molecule has 0 aliphatic carbocycles. The fourth-order valence-electron chi connectivity index (χ4n) is 3.67. The highest BCUT2D eigenvalue weighted by Crippen LogP contribution is 2.47. The number of hydrogen-bond donors (Lipinski definition) is 1. The molecule has 0 radical (unpaired) electrons. The molecule has 3 rings (SSSR count). The number of nitrogens with zero attached hydrogens (tertiary/aromatic N) is 2. The van der Waals surface area contributed by atoms with Gasteiger partial charge in [0.15, 0.2) is 5.17 Å². The molecule has 8 nitrogen and oxygen atoms in total. The predicted molar refractivity (Wildman–Crippen MR) is 124 cm³/mol. The van der Waals surface area contributed by atoms with Gasteiger partial charge >= 0.3 is 5.97 Å². The van der Waals surface area contributed by atoms with E-state index >= 15 is 0 Å². The van der Waals surface area contributed by atoms with Crippen LogP contribution in [0.5, 0.6) is 11.5 Å². The minimum absolute atomic E-state index is 0.0985. The van der Waals surface area contributed by atoms with Crippen LogP contribution in [0.3, 0.4) is 0 Å². The van der Waals surface area contributed by atoms with E-state index in [0.29, 0.717) is 34.5 Å². The first-order valence-corrected chi connectivity index (χ1v) is 11.3. The minimum atomic E-state index is -0.565. The molecule has 1 amide bonds. The lowest BCUT2D eigenvalue weighted by atomic mass is 9.93. The van der Waals surface area contributed by atoms with Crippen LogP contribution in [0.1, 0.15) is 45.7 Å². The van der Waals surface area contributed by atoms with Crippen molar-refractivity contribution in [2.75, 3.05) is 20.8 Å². The highest BCUT2D eigenvalue weighted by atomic mass is 32.2. The number of hydrogen-bond acceptors (Lipinski definition) is 8. The molecule has 1 atom stereocenters. The second-order valence-corrected chi connectivity index (χ2v) is 8.42. The van der Waals surface area contributed by atoms with Gasteiger partial charge in [-0.2, -0.15) is 0 Å². The number of aliphatic imine (C=N–C) groups is 1. The number of methoxy groups -OCH3 is 2. The van der Waals surface area contributed by atoms with Crippen molar-refractivity contribution in [3.8, 4) is 11.5 Å². The van der Waals surface area contributed by atoms with Gasteiger partial charge in [-0.15, -0.1) is 0 Å². The van der Waals surface area contributed by atoms with E-state index in [9.17, 15) is 9.59 Å². The van der Waals surface area contributed by atoms with Gasteiger partial charge in [0.2, 0.25) is 5.91 Å². The van der Waals surface area contributed by atoms with Crippen molar-refractivity contribution in [3.05, 3.63) is 46.1 Å². The summed E-state index contributed by atoms with van der Waals surface area (Å²) in [5, 5.41) is 5.43. The Labute approximate surface area is 192 Å². The van der Waals surface area contributed by atoms with Crippen LogP contribution in [0.15, 0.2) is 45.6 Å². The fraction of sp³-hybridized carbons (Fsp3) is 0.435.